The first-order valence-corrected chi connectivity index (χ1v) is 13.2. The summed E-state index contributed by atoms with van der Waals surface area (Å²) in [5, 5.41) is 0. The summed E-state index contributed by atoms with van der Waals surface area (Å²) < 4.78 is 11.7. The van der Waals surface area contributed by atoms with E-state index >= 15 is 0 Å². The first kappa shape index (κ1) is 23.2. The van der Waals surface area contributed by atoms with Gasteiger partial charge in [-0.05, 0) is 92.4 Å². The predicted octanol–water partition coefficient (Wildman–Crippen LogP) is 6.42. The zero-order valence-electron chi connectivity index (χ0n) is 19.9. The van der Waals surface area contributed by atoms with Crippen LogP contribution in [0.1, 0.15) is 97.8 Å². The van der Waals surface area contributed by atoms with Gasteiger partial charge in [-0.3, -0.25) is 0 Å². The number of nitrogens with two attached hydrogens (primary N) is 1. The van der Waals surface area contributed by atoms with Crippen LogP contribution in [0.4, 0.5) is 0 Å². The third kappa shape index (κ3) is 3.95. The van der Waals surface area contributed by atoms with E-state index in [1.807, 2.05) is 7.11 Å². The zero-order chi connectivity index (χ0) is 21.5. The molecule has 0 amide bonds. The quantitative estimate of drug-likeness (QED) is 0.285. The highest BCUT2D eigenvalue weighted by Gasteiger charge is 2.62. The van der Waals surface area contributed by atoms with Crippen LogP contribution in [0.25, 0.3) is 0 Å². The third-order valence-electron chi connectivity index (χ3n) is 9.83. The maximum absolute atomic E-state index is 7.48. The molecule has 0 aromatic heterocycles. The standard InChI is InChI=1S/C26H46NO2P/c1-17(2)7-5-6-8-18-9-12-24-25(18,3)14-13-22-20-11-10-19(28-4)15-21(20)23(29-30)16-26(22,24)27/h17-19,22-24H,5-16,27,30H2,1-4H3. The summed E-state index contributed by atoms with van der Waals surface area (Å²) in [4.78, 5) is 0. The molecule has 0 spiro atoms. The van der Waals surface area contributed by atoms with Crippen molar-refractivity contribution in [3.05, 3.63) is 11.1 Å². The summed E-state index contributed by atoms with van der Waals surface area (Å²) in [6.45, 7) is 7.30. The second kappa shape index (κ2) is 9.12. The predicted molar refractivity (Wildman–Crippen MR) is 128 cm³/mol. The van der Waals surface area contributed by atoms with Gasteiger partial charge in [-0.25, -0.2) is 0 Å². The van der Waals surface area contributed by atoms with Crippen LogP contribution in [0.15, 0.2) is 11.1 Å². The second-order valence-corrected chi connectivity index (χ2v) is 12.0. The van der Waals surface area contributed by atoms with Gasteiger partial charge < -0.3 is 15.0 Å². The van der Waals surface area contributed by atoms with Crippen LogP contribution in [0, 0.1) is 29.1 Å². The van der Waals surface area contributed by atoms with E-state index in [1.54, 1.807) is 5.57 Å². The fraction of sp³-hybridized carbons (Fsp3) is 0.923. The Morgan fingerprint density at radius 2 is 1.93 bits per heavy atom. The van der Waals surface area contributed by atoms with E-state index in [1.165, 1.54) is 56.9 Å². The number of hydrogen-bond donors (Lipinski definition) is 1. The molecular weight excluding hydrogens is 389 g/mol. The lowest BCUT2D eigenvalue weighted by Crippen LogP contribution is -2.64. The SMILES string of the molecule is COC1CCC2=C(C1)C(OP)CC1(N)C2CCC2(C)C(CCCCC(C)C)CCC21. The van der Waals surface area contributed by atoms with Gasteiger partial charge >= 0.3 is 0 Å². The fourth-order valence-electron chi connectivity index (χ4n) is 8.21. The van der Waals surface area contributed by atoms with Gasteiger partial charge in [-0.1, -0.05) is 45.6 Å². The molecule has 8 unspecified atom stereocenters. The molecule has 30 heavy (non-hydrogen) atoms. The summed E-state index contributed by atoms with van der Waals surface area (Å²) in [7, 11) is 4.41. The van der Waals surface area contributed by atoms with Crippen molar-refractivity contribution in [1.29, 1.82) is 0 Å². The van der Waals surface area contributed by atoms with Gasteiger partial charge in [0.1, 0.15) is 0 Å². The zero-order valence-corrected chi connectivity index (χ0v) is 21.1. The van der Waals surface area contributed by atoms with Gasteiger partial charge in [-0.15, -0.1) is 0 Å². The molecule has 0 bridgehead atoms. The maximum Gasteiger partial charge on any atom is 0.0842 e. The normalized spacial score (nSPS) is 43.5. The first-order valence-electron chi connectivity index (χ1n) is 12.7. The average Bonchev–Trinajstić information content (AvgIpc) is 3.07. The van der Waals surface area contributed by atoms with Crippen LogP contribution in [0.3, 0.4) is 0 Å². The van der Waals surface area contributed by atoms with E-state index in [0.717, 1.165) is 37.5 Å². The highest BCUT2D eigenvalue weighted by molar-refractivity contribution is 7.09. The van der Waals surface area contributed by atoms with Crippen LogP contribution in [-0.2, 0) is 9.26 Å². The van der Waals surface area contributed by atoms with Crippen LogP contribution in [0.2, 0.25) is 0 Å². The molecule has 0 aromatic carbocycles. The topological polar surface area (TPSA) is 44.5 Å². The van der Waals surface area contributed by atoms with Crippen LogP contribution in [-0.4, -0.2) is 24.9 Å². The van der Waals surface area contributed by atoms with Crippen molar-refractivity contribution in [3.8, 4) is 0 Å². The van der Waals surface area contributed by atoms with Gasteiger partial charge in [0.25, 0.3) is 0 Å². The molecule has 8 atom stereocenters. The molecular formula is C26H46NO2P. The molecule has 4 rings (SSSR count). The minimum Gasteiger partial charge on any atom is -0.381 e. The summed E-state index contributed by atoms with van der Waals surface area (Å²) in [5.41, 5.74) is 11.0. The summed E-state index contributed by atoms with van der Waals surface area (Å²) in [5.74, 6) is 2.92. The number of unbranched alkanes of at least 4 members (excludes halogenated alkanes) is 1. The molecule has 2 fully saturated rings. The van der Waals surface area contributed by atoms with Gasteiger partial charge in [0.15, 0.2) is 0 Å². The number of ether oxygens (including phenoxy) is 1. The van der Waals surface area contributed by atoms with E-state index < -0.39 is 0 Å². The fourth-order valence-corrected chi connectivity index (χ4v) is 8.47. The van der Waals surface area contributed by atoms with Crippen molar-refractivity contribution >= 4 is 9.47 Å². The summed E-state index contributed by atoms with van der Waals surface area (Å²) in [6, 6.07) is 0. The van der Waals surface area contributed by atoms with Crippen LogP contribution >= 0.6 is 9.47 Å². The lowest BCUT2D eigenvalue weighted by Gasteiger charge is -2.59. The van der Waals surface area contributed by atoms with Crippen LogP contribution < -0.4 is 5.73 Å². The van der Waals surface area contributed by atoms with Crippen molar-refractivity contribution in [2.75, 3.05) is 7.11 Å². The van der Waals surface area contributed by atoms with Gasteiger partial charge in [0.2, 0.25) is 0 Å². The van der Waals surface area contributed by atoms with Crippen molar-refractivity contribution in [3.63, 3.8) is 0 Å². The minimum absolute atomic E-state index is 0.0837. The van der Waals surface area contributed by atoms with Gasteiger partial charge in [0.05, 0.1) is 12.2 Å². The Morgan fingerprint density at radius 3 is 2.63 bits per heavy atom. The Labute approximate surface area is 187 Å². The van der Waals surface area contributed by atoms with Crippen LogP contribution in [0.5, 0.6) is 0 Å². The van der Waals surface area contributed by atoms with E-state index in [9.17, 15) is 0 Å². The monoisotopic (exact) mass is 435 g/mol. The number of hydrogen-bond acceptors (Lipinski definition) is 3. The molecule has 0 heterocycles. The molecule has 172 valence electrons. The van der Waals surface area contributed by atoms with E-state index in [2.05, 4.69) is 30.2 Å². The number of rotatable bonds is 7. The highest BCUT2D eigenvalue weighted by Crippen LogP contribution is 2.65. The van der Waals surface area contributed by atoms with E-state index in [0.29, 0.717) is 23.4 Å². The minimum atomic E-state index is -0.0837. The lowest BCUT2D eigenvalue weighted by atomic mass is 9.49. The molecule has 3 nitrogen and oxygen atoms in total. The maximum atomic E-state index is 7.48. The molecule has 2 N–H and O–H groups in total. The Bertz CT molecular complexity index is 649. The second-order valence-electron chi connectivity index (χ2n) is 11.7. The summed E-state index contributed by atoms with van der Waals surface area (Å²) in [6.07, 6.45) is 15.8. The van der Waals surface area contributed by atoms with Gasteiger partial charge in [-0.2, -0.15) is 0 Å². The molecule has 0 aromatic rings. The Balaban J connectivity index is 1.53. The lowest BCUT2D eigenvalue weighted by molar-refractivity contribution is -0.0305. The molecule has 0 radical (unpaired) electrons. The Kier molecular flexibility index (Phi) is 7.06. The van der Waals surface area contributed by atoms with Crippen molar-refractivity contribution in [2.45, 2.75) is 116 Å². The smallest absolute Gasteiger partial charge is 0.0842 e. The molecule has 4 aliphatic carbocycles. The average molecular weight is 436 g/mol. The number of methoxy groups -OCH3 is 1. The first-order chi connectivity index (χ1) is 14.3. The molecule has 4 heteroatoms. The van der Waals surface area contributed by atoms with Crippen molar-refractivity contribution < 1.29 is 9.26 Å². The molecule has 4 aliphatic rings. The van der Waals surface area contributed by atoms with Crippen molar-refractivity contribution in [1.82, 2.24) is 0 Å². The summed E-state index contributed by atoms with van der Waals surface area (Å²) >= 11 is 0. The Hall–Kier alpha value is 0.0500. The van der Waals surface area contributed by atoms with E-state index in [-0.39, 0.29) is 11.6 Å². The third-order valence-corrected chi connectivity index (χ3v) is 10.2. The molecule has 0 saturated heterocycles. The molecule has 0 aliphatic heterocycles. The molecule has 2 saturated carbocycles. The van der Waals surface area contributed by atoms with E-state index in [4.69, 9.17) is 15.0 Å². The van der Waals surface area contributed by atoms with Crippen molar-refractivity contribution in [2.24, 2.45) is 34.8 Å². The number of fused-ring (bicyclic) bond motifs is 4. The highest BCUT2D eigenvalue weighted by atomic mass is 31.0. The Morgan fingerprint density at radius 1 is 1.13 bits per heavy atom. The van der Waals surface area contributed by atoms with Gasteiger partial charge in [0, 0.05) is 22.1 Å². The largest absolute Gasteiger partial charge is 0.381 e.